The average molecular weight is 365 g/mol. The topological polar surface area (TPSA) is 157 Å². The molecule has 144 valence electrons. The number of unbranched alkanes of at least 4 members (excludes halogenated alkanes) is 3. The maximum atomic E-state index is 10.1. The van der Waals surface area contributed by atoms with E-state index in [4.69, 9.17) is 16.2 Å². The molecule has 0 spiro atoms. The predicted octanol–water partition coefficient (Wildman–Crippen LogP) is -0.0198. The Morgan fingerprint density at radius 3 is 2.81 bits per heavy atom. The van der Waals surface area contributed by atoms with Crippen LogP contribution in [0.25, 0.3) is 11.2 Å². The van der Waals surface area contributed by atoms with E-state index in [0.717, 1.165) is 32.2 Å². The first-order valence-electron chi connectivity index (χ1n) is 9.02. The molecule has 1 fully saturated rings. The lowest BCUT2D eigenvalue weighted by molar-refractivity contribution is -0.0425. The fourth-order valence-corrected chi connectivity index (χ4v) is 3.18. The van der Waals surface area contributed by atoms with Crippen molar-refractivity contribution in [3.63, 3.8) is 0 Å². The molecule has 3 heterocycles. The van der Waals surface area contributed by atoms with Crippen LogP contribution in [-0.2, 0) is 4.74 Å². The zero-order valence-corrected chi connectivity index (χ0v) is 14.7. The van der Waals surface area contributed by atoms with Crippen LogP contribution in [0.4, 0.5) is 11.8 Å². The van der Waals surface area contributed by atoms with Crippen LogP contribution in [0.15, 0.2) is 6.33 Å². The Morgan fingerprint density at radius 1 is 1.27 bits per heavy atom. The van der Waals surface area contributed by atoms with Crippen molar-refractivity contribution in [1.82, 2.24) is 19.5 Å². The van der Waals surface area contributed by atoms with E-state index >= 15 is 0 Å². The number of nitrogens with zero attached hydrogens (tertiary/aromatic N) is 4. The Labute approximate surface area is 151 Å². The number of nitrogens with two attached hydrogens (primary N) is 2. The second-order valence-corrected chi connectivity index (χ2v) is 6.48. The molecule has 2 aromatic heterocycles. The highest BCUT2D eigenvalue weighted by Crippen LogP contribution is 2.34. The van der Waals surface area contributed by atoms with Gasteiger partial charge < -0.3 is 31.7 Å². The maximum Gasteiger partial charge on any atom is 0.207 e. The smallest absolute Gasteiger partial charge is 0.207 e. The summed E-state index contributed by atoms with van der Waals surface area (Å²) in [7, 11) is 0. The number of ether oxygens (including phenoxy) is 1. The summed E-state index contributed by atoms with van der Waals surface area (Å²) in [5, 5.41) is 22.7. The van der Waals surface area contributed by atoms with Gasteiger partial charge in [-0.3, -0.25) is 4.57 Å². The summed E-state index contributed by atoms with van der Waals surface area (Å²) in [6.45, 7) is 1.21. The van der Waals surface area contributed by atoms with E-state index in [1.54, 1.807) is 4.57 Å². The first-order valence-corrected chi connectivity index (χ1v) is 9.02. The standard InChI is InChI=1S/C16H27N7O3/c17-5-3-1-2-4-6-19-16-22-13-14(18)20-9-21-15(13)23(16)12-7-10(25)11(8-24)26-12/h9-12,24-25H,1-8,17H2,(H,19,22)(H2,18,20,21)/t10?,11-,12-/m1/s1. The van der Waals surface area contributed by atoms with Crippen molar-refractivity contribution >= 4 is 22.9 Å². The number of anilines is 2. The molecule has 1 saturated heterocycles. The summed E-state index contributed by atoms with van der Waals surface area (Å²) < 4.78 is 7.57. The third kappa shape index (κ3) is 3.88. The summed E-state index contributed by atoms with van der Waals surface area (Å²) in [5.41, 5.74) is 12.5. The first kappa shape index (κ1) is 18.8. The second kappa shape index (κ2) is 8.58. The summed E-state index contributed by atoms with van der Waals surface area (Å²) in [6, 6.07) is 0. The van der Waals surface area contributed by atoms with E-state index in [0.29, 0.717) is 30.1 Å². The highest BCUT2D eigenvalue weighted by Gasteiger charge is 2.36. The molecule has 0 amide bonds. The van der Waals surface area contributed by atoms with E-state index < -0.39 is 18.4 Å². The summed E-state index contributed by atoms with van der Waals surface area (Å²) in [4.78, 5) is 12.8. The number of rotatable bonds is 9. The molecule has 0 aliphatic carbocycles. The van der Waals surface area contributed by atoms with Crippen molar-refractivity contribution in [1.29, 1.82) is 0 Å². The van der Waals surface area contributed by atoms with Crippen molar-refractivity contribution < 1.29 is 14.9 Å². The van der Waals surface area contributed by atoms with Crippen molar-refractivity contribution in [2.24, 2.45) is 5.73 Å². The van der Waals surface area contributed by atoms with E-state index in [2.05, 4.69) is 20.3 Å². The molecular formula is C16H27N7O3. The van der Waals surface area contributed by atoms with Gasteiger partial charge in [0.2, 0.25) is 5.95 Å². The van der Waals surface area contributed by atoms with Crippen LogP contribution in [0.5, 0.6) is 0 Å². The van der Waals surface area contributed by atoms with Gasteiger partial charge in [0.1, 0.15) is 18.7 Å². The van der Waals surface area contributed by atoms with E-state index in [-0.39, 0.29) is 12.4 Å². The molecule has 0 radical (unpaired) electrons. The molecule has 0 aromatic carbocycles. The molecule has 10 nitrogen and oxygen atoms in total. The number of aliphatic hydroxyl groups is 2. The number of imidazole rings is 1. The quantitative estimate of drug-likeness (QED) is 0.385. The van der Waals surface area contributed by atoms with Crippen LogP contribution < -0.4 is 16.8 Å². The number of hydrogen-bond donors (Lipinski definition) is 5. The van der Waals surface area contributed by atoms with Crippen molar-refractivity contribution in [2.45, 2.75) is 50.5 Å². The number of nitrogen functional groups attached to an aromatic ring is 1. The fourth-order valence-electron chi connectivity index (χ4n) is 3.18. The molecule has 2 aromatic rings. The minimum atomic E-state index is -0.745. The van der Waals surface area contributed by atoms with Gasteiger partial charge in [0.15, 0.2) is 17.0 Å². The number of aliphatic hydroxyl groups excluding tert-OH is 2. The van der Waals surface area contributed by atoms with E-state index in [1.807, 2.05) is 0 Å². The third-order valence-electron chi connectivity index (χ3n) is 4.59. The molecule has 26 heavy (non-hydrogen) atoms. The third-order valence-corrected chi connectivity index (χ3v) is 4.59. The van der Waals surface area contributed by atoms with Crippen molar-refractivity contribution in [3.05, 3.63) is 6.33 Å². The van der Waals surface area contributed by atoms with Gasteiger partial charge in [0, 0.05) is 13.0 Å². The molecule has 10 heteroatoms. The number of nitrogens with one attached hydrogen (secondary N) is 1. The Kier molecular flexibility index (Phi) is 6.20. The van der Waals surface area contributed by atoms with Gasteiger partial charge in [0.05, 0.1) is 12.7 Å². The number of fused-ring (bicyclic) bond motifs is 1. The molecule has 0 saturated carbocycles. The van der Waals surface area contributed by atoms with Crippen LogP contribution >= 0.6 is 0 Å². The predicted molar refractivity (Wildman–Crippen MR) is 97.4 cm³/mol. The normalized spacial score (nSPS) is 23.0. The van der Waals surface area contributed by atoms with Gasteiger partial charge in [0.25, 0.3) is 0 Å². The number of hydrogen-bond acceptors (Lipinski definition) is 9. The van der Waals surface area contributed by atoms with Crippen LogP contribution in [-0.4, -0.2) is 61.6 Å². The lowest BCUT2D eigenvalue weighted by Crippen LogP contribution is -2.24. The van der Waals surface area contributed by atoms with Crippen LogP contribution in [0.1, 0.15) is 38.3 Å². The average Bonchev–Trinajstić information content (AvgIpc) is 3.18. The molecule has 7 N–H and O–H groups in total. The molecule has 0 bridgehead atoms. The van der Waals surface area contributed by atoms with Gasteiger partial charge in [-0.05, 0) is 19.4 Å². The SMILES string of the molecule is NCCCCCCNc1nc2c(N)ncnc2n1[C@H]1CC(O)[C@@H](CO)O1. The van der Waals surface area contributed by atoms with Crippen LogP contribution in [0, 0.1) is 0 Å². The van der Waals surface area contributed by atoms with Gasteiger partial charge in [-0.1, -0.05) is 12.8 Å². The molecule has 1 unspecified atom stereocenters. The molecule has 1 aliphatic heterocycles. The van der Waals surface area contributed by atoms with Crippen molar-refractivity contribution in [3.8, 4) is 0 Å². The second-order valence-electron chi connectivity index (χ2n) is 6.48. The lowest BCUT2D eigenvalue weighted by Gasteiger charge is -2.17. The van der Waals surface area contributed by atoms with Crippen LogP contribution in [0.3, 0.4) is 0 Å². The Morgan fingerprint density at radius 2 is 2.08 bits per heavy atom. The Hall–Kier alpha value is -2.01. The van der Waals surface area contributed by atoms with Gasteiger partial charge in [-0.2, -0.15) is 0 Å². The van der Waals surface area contributed by atoms with Gasteiger partial charge in [-0.15, -0.1) is 0 Å². The number of aromatic nitrogens is 4. The van der Waals surface area contributed by atoms with Gasteiger partial charge >= 0.3 is 0 Å². The summed E-state index contributed by atoms with van der Waals surface area (Å²) in [6.07, 6.45) is 4.06. The molecule has 1 aliphatic rings. The lowest BCUT2D eigenvalue weighted by atomic mass is 10.2. The van der Waals surface area contributed by atoms with E-state index in [1.165, 1.54) is 6.33 Å². The molecule has 3 rings (SSSR count). The largest absolute Gasteiger partial charge is 0.394 e. The van der Waals surface area contributed by atoms with Gasteiger partial charge in [-0.25, -0.2) is 15.0 Å². The Bertz CT molecular complexity index is 723. The zero-order valence-electron chi connectivity index (χ0n) is 14.7. The highest BCUT2D eigenvalue weighted by molar-refractivity contribution is 5.84. The molecule has 3 atom stereocenters. The summed E-state index contributed by atoms with van der Waals surface area (Å²) in [5.74, 6) is 0.860. The molecular weight excluding hydrogens is 338 g/mol. The van der Waals surface area contributed by atoms with Crippen molar-refractivity contribution in [2.75, 3.05) is 30.7 Å². The first-order chi connectivity index (χ1) is 12.7. The fraction of sp³-hybridized carbons (Fsp3) is 0.688. The Balaban J connectivity index is 1.79. The minimum Gasteiger partial charge on any atom is -0.394 e. The van der Waals surface area contributed by atoms with Crippen LogP contribution in [0.2, 0.25) is 0 Å². The maximum absolute atomic E-state index is 10.1. The summed E-state index contributed by atoms with van der Waals surface area (Å²) >= 11 is 0. The highest BCUT2D eigenvalue weighted by atomic mass is 16.5. The minimum absolute atomic E-state index is 0.245. The van der Waals surface area contributed by atoms with E-state index in [9.17, 15) is 10.2 Å². The zero-order chi connectivity index (χ0) is 18.5. The monoisotopic (exact) mass is 365 g/mol.